The summed E-state index contributed by atoms with van der Waals surface area (Å²) in [7, 11) is 0. The molecular weight excluding hydrogens is 380 g/mol. The van der Waals surface area contributed by atoms with Crippen LogP contribution in [0.25, 0.3) is 6.08 Å². The van der Waals surface area contributed by atoms with Gasteiger partial charge < -0.3 is 4.74 Å². The van der Waals surface area contributed by atoms with E-state index < -0.39 is 0 Å². The summed E-state index contributed by atoms with van der Waals surface area (Å²) in [5, 5.41) is 0. The Hall–Kier alpha value is -1.57. The van der Waals surface area contributed by atoms with Crippen molar-refractivity contribution in [1.29, 1.82) is 0 Å². The minimum Gasteiger partial charge on any atom is -0.459 e. The lowest BCUT2D eigenvalue weighted by molar-refractivity contribution is -0.144. The van der Waals surface area contributed by atoms with Crippen LogP contribution in [0.1, 0.15) is 123 Å². The molecule has 0 spiro atoms. The van der Waals surface area contributed by atoms with E-state index in [2.05, 4.69) is 13.8 Å². The lowest BCUT2D eigenvalue weighted by Gasteiger charge is -2.19. The molecule has 0 N–H and O–H groups in total. The van der Waals surface area contributed by atoms with Crippen LogP contribution >= 0.6 is 0 Å². The van der Waals surface area contributed by atoms with Crippen LogP contribution in [0.3, 0.4) is 0 Å². The molecule has 0 aliphatic heterocycles. The number of carbonyl (C=O) groups excluding carboxylic acids is 1. The Morgan fingerprint density at radius 2 is 1.26 bits per heavy atom. The van der Waals surface area contributed by atoms with Crippen molar-refractivity contribution >= 4 is 12.0 Å². The van der Waals surface area contributed by atoms with Crippen molar-refractivity contribution in [3.05, 3.63) is 42.0 Å². The molecule has 0 saturated carbocycles. The maximum Gasteiger partial charge on any atom is 0.331 e. The molecular formula is C29H48O2. The van der Waals surface area contributed by atoms with E-state index in [0.29, 0.717) is 5.92 Å². The third kappa shape index (κ3) is 15.8. The first-order valence-corrected chi connectivity index (χ1v) is 13.1. The Bertz CT molecular complexity index is 563. The molecule has 1 rings (SSSR count). The fraction of sp³-hybridized carbons (Fsp3) is 0.690. The smallest absolute Gasteiger partial charge is 0.331 e. The van der Waals surface area contributed by atoms with Gasteiger partial charge in [0.05, 0.1) is 0 Å². The topological polar surface area (TPSA) is 26.3 Å². The molecule has 0 aromatic heterocycles. The second kappa shape index (κ2) is 19.1. The summed E-state index contributed by atoms with van der Waals surface area (Å²) >= 11 is 0. The summed E-state index contributed by atoms with van der Waals surface area (Å²) in [6.07, 6.45) is 23.9. The van der Waals surface area contributed by atoms with Crippen LogP contribution in [-0.2, 0) is 9.53 Å². The molecule has 0 radical (unpaired) electrons. The molecule has 1 aromatic carbocycles. The largest absolute Gasteiger partial charge is 0.459 e. The average molecular weight is 429 g/mol. The van der Waals surface area contributed by atoms with Crippen molar-refractivity contribution < 1.29 is 9.53 Å². The minimum atomic E-state index is -0.246. The fourth-order valence-corrected chi connectivity index (χ4v) is 3.96. The molecule has 0 amide bonds. The highest BCUT2D eigenvalue weighted by Crippen LogP contribution is 2.18. The van der Waals surface area contributed by atoms with Gasteiger partial charge in [-0.05, 0) is 30.9 Å². The molecule has 0 fully saturated rings. The van der Waals surface area contributed by atoms with Crippen LogP contribution in [0.5, 0.6) is 0 Å². The SMILES string of the molecule is CCCCCCCCCCCCCCCCC(C)C(C)OC(=O)/C=C\c1ccccc1. The Morgan fingerprint density at radius 3 is 1.77 bits per heavy atom. The lowest BCUT2D eigenvalue weighted by atomic mass is 9.97. The van der Waals surface area contributed by atoms with Crippen molar-refractivity contribution in [2.75, 3.05) is 0 Å². The van der Waals surface area contributed by atoms with E-state index in [0.717, 1.165) is 12.0 Å². The molecule has 2 nitrogen and oxygen atoms in total. The highest BCUT2D eigenvalue weighted by molar-refractivity contribution is 5.87. The lowest BCUT2D eigenvalue weighted by Crippen LogP contribution is -2.21. The van der Waals surface area contributed by atoms with Gasteiger partial charge in [0.25, 0.3) is 0 Å². The van der Waals surface area contributed by atoms with Crippen molar-refractivity contribution in [3.8, 4) is 0 Å². The Labute approximate surface area is 192 Å². The molecule has 176 valence electrons. The number of benzene rings is 1. The molecule has 2 unspecified atom stereocenters. The van der Waals surface area contributed by atoms with Gasteiger partial charge in [-0.25, -0.2) is 4.79 Å². The summed E-state index contributed by atoms with van der Waals surface area (Å²) in [6, 6.07) is 9.85. The minimum absolute atomic E-state index is 0.0325. The zero-order chi connectivity index (χ0) is 22.6. The predicted octanol–water partition coefficient (Wildman–Crippen LogP) is 9.14. The summed E-state index contributed by atoms with van der Waals surface area (Å²) in [5.41, 5.74) is 1.02. The van der Waals surface area contributed by atoms with Crippen LogP contribution < -0.4 is 0 Å². The molecule has 0 aliphatic rings. The number of hydrogen-bond donors (Lipinski definition) is 0. The first kappa shape index (κ1) is 27.5. The summed E-state index contributed by atoms with van der Waals surface area (Å²) in [6.45, 7) is 6.49. The normalized spacial score (nSPS) is 13.4. The number of carbonyl (C=O) groups is 1. The molecule has 31 heavy (non-hydrogen) atoms. The molecule has 0 bridgehead atoms. The van der Waals surface area contributed by atoms with E-state index in [1.54, 1.807) is 0 Å². The van der Waals surface area contributed by atoms with Crippen LogP contribution in [0.15, 0.2) is 36.4 Å². The van der Waals surface area contributed by atoms with E-state index in [1.807, 2.05) is 43.3 Å². The second-order valence-electron chi connectivity index (χ2n) is 9.25. The quantitative estimate of drug-likeness (QED) is 0.125. The van der Waals surface area contributed by atoms with Gasteiger partial charge in [-0.3, -0.25) is 0 Å². The number of ether oxygens (including phenoxy) is 1. The highest BCUT2D eigenvalue weighted by atomic mass is 16.5. The number of rotatable bonds is 19. The molecule has 2 heteroatoms. The van der Waals surface area contributed by atoms with Crippen LogP contribution in [0.2, 0.25) is 0 Å². The van der Waals surface area contributed by atoms with Crippen molar-refractivity contribution in [2.24, 2.45) is 5.92 Å². The molecule has 0 saturated heterocycles. The third-order valence-corrected chi connectivity index (χ3v) is 6.33. The molecule has 1 aromatic rings. The van der Waals surface area contributed by atoms with Gasteiger partial charge in [0.2, 0.25) is 0 Å². The van der Waals surface area contributed by atoms with Gasteiger partial charge in [-0.1, -0.05) is 134 Å². The van der Waals surface area contributed by atoms with Crippen molar-refractivity contribution in [3.63, 3.8) is 0 Å². The molecule has 2 atom stereocenters. The van der Waals surface area contributed by atoms with Gasteiger partial charge in [0.1, 0.15) is 6.10 Å². The van der Waals surface area contributed by atoms with Crippen LogP contribution in [0.4, 0.5) is 0 Å². The highest BCUT2D eigenvalue weighted by Gasteiger charge is 2.15. The summed E-state index contributed by atoms with van der Waals surface area (Å²) < 4.78 is 5.58. The van der Waals surface area contributed by atoms with E-state index in [-0.39, 0.29) is 12.1 Å². The van der Waals surface area contributed by atoms with Crippen LogP contribution in [0, 0.1) is 5.92 Å². The van der Waals surface area contributed by atoms with Gasteiger partial charge in [-0.15, -0.1) is 0 Å². The maximum atomic E-state index is 12.0. The second-order valence-corrected chi connectivity index (χ2v) is 9.25. The number of hydrogen-bond acceptors (Lipinski definition) is 2. The maximum absolute atomic E-state index is 12.0. The standard InChI is InChI=1S/C29H48O2/c1-4-5-6-7-8-9-10-11-12-13-14-15-16-18-21-26(2)27(3)31-29(30)25-24-28-22-19-17-20-23-28/h17,19-20,22-27H,4-16,18,21H2,1-3H3/b25-24-. The van der Waals surface area contributed by atoms with E-state index in [1.165, 1.54) is 96.0 Å². The molecule has 0 heterocycles. The zero-order valence-electron chi connectivity index (χ0n) is 20.6. The van der Waals surface area contributed by atoms with Crippen molar-refractivity contribution in [2.45, 2.75) is 123 Å². The number of esters is 1. The zero-order valence-corrected chi connectivity index (χ0v) is 20.6. The Balaban J connectivity index is 1.95. The first-order valence-electron chi connectivity index (χ1n) is 13.1. The fourth-order valence-electron chi connectivity index (χ4n) is 3.96. The van der Waals surface area contributed by atoms with Gasteiger partial charge in [-0.2, -0.15) is 0 Å². The third-order valence-electron chi connectivity index (χ3n) is 6.33. The summed E-state index contributed by atoms with van der Waals surface area (Å²) in [5.74, 6) is 0.163. The Morgan fingerprint density at radius 1 is 0.774 bits per heavy atom. The van der Waals surface area contributed by atoms with Gasteiger partial charge in [0, 0.05) is 6.08 Å². The Kier molecular flexibility index (Phi) is 17.0. The average Bonchev–Trinajstić information content (AvgIpc) is 2.78. The molecule has 0 aliphatic carbocycles. The van der Waals surface area contributed by atoms with Crippen LogP contribution in [-0.4, -0.2) is 12.1 Å². The van der Waals surface area contributed by atoms with Crippen molar-refractivity contribution in [1.82, 2.24) is 0 Å². The summed E-state index contributed by atoms with van der Waals surface area (Å²) in [4.78, 5) is 12.0. The predicted molar refractivity (Wildman–Crippen MR) is 135 cm³/mol. The first-order chi connectivity index (χ1) is 15.1. The number of unbranched alkanes of at least 4 members (excludes halogenated alkanes) is 13. The van der Waals surface area contributed by atoms with E-state index in [4.69, 9.17) is 4.74 Å². The van der Waals surface area contributed by atoms with E-state index >= 15 is 0 Å². The van der Waals surface area contributed by atoms with Gasteiger partial charge in [0.15, 0.2) is 0 Å². The monoisotopic (exact) mass is 428 g/mol. The van der Waals surface area contributed by atoms with E-state index in [9.17, 15) is 4.79 Å². The van der Waals surface area contributed by atoms with Gasteiger partial charge >= 0.3 is 5.97 Å².